The highest BCUT2D eigenvalue weighted by molar-refractivity contribution is 7.13. The van der Waals surface area contributed by atoms with E-state index in [1.807, 2.05) is 17.2 Å². The Kier molecular flexibility index (Phi) is 6.75. The molecule has 2 atom stereocenters. The number of carbonyl (C=O) groups is 1. The van der Waals surface area contributed by atoms with Crippen LogP contribution >= 0.6 is 35.3 Å². The fraction of sp³-hybridized carbons (Fsp3) is 0.615. The topological polar surface area (TPSA) is 55.6 Å². The Hall–Kier alpha value is -0.330. The van der Waals surface area contributed by atoms with Crippen molar-refractivity contribution in [3.8, 4) is 0 Å². The minimum atomic E-state index is -0.00639. The maximum absolute atomic E-state index is 12.6. The summed E-state index contributed by atoms with van der Waals surface area (Å²) in [6, 6.07) is 0.0321. The number of thiophene rings is 1. The van der Waals surface area contributed by atoms with Crippen molar-refractivity contribution in [2.24, 2.45) is 5.73 Å². The number of aryl methyl sites for hydroxylation is 1. The van der Waals surface area contributed by atoms with Crippen molar-refractivity contribution in [2.45, 2.75) is 31.9 Å². The predicted octanol–water partition coefficient (Wildman–Crippen LogP) is 2.71. The molecule has 7 heteroatoms. The van der Waals surface area contributed by atoms with Crippen molar-refractivity contribution >= 4 is 41.3 Å². The summed E-state index contributed by atoms with van der Waals surface area (Å²) < 4.78 is 5.37. The second kappa shape index (κ2) is 7.61. The normalized spacial score (nSPS) is 22.5. The lowest BCUT2D eigenvalue weighted by Gasteiger charge is -2.38. The molecule has 2 N–H and O–H groups in total. The SMILES string of the molecule is COC1CCN(C(=O)c2scc(C)c2Cl)C(CN)C1.Cl. The van der Waals surface area contributed by atoms with Gasteiger partial charge in [0.05, 0.1) is 11.1 Å². The Morgan fingerprint density at radius 3 is 2.85 bits per heavy atom. The minimum Gasteiger partial charge on any atom is -0.381 e. The first-order valence-electron chi connectivity index (χ1n) is 6.35. The van der Waals surface area contributed by atoms with Crippen molar-refractivity contribution in [2.75, 3.05) is 20.2 Å². The van der Waals surface area contributed by atoms with Crippen LogP contribution in [-0.4, -0.2) is 43.2 Å². The third-order valence-electron chi connectivity index (χ3n) is 3.63. The summed E-state index contributed by atoms with van der Waals surface area (Å²) in [4.78, 5) is 15.0. The van der Waals surface area contributed by atoms with Gasteiger partial charge in [0.1, 0.15) is 4.88 Å². The first-order chi connectivity index (χ1) is 9.08. The standard InChI is InChI=1S/C13H19ClN2O2S.ClH/c1-8-7-19-12(11(8)14)13(17)16-4-3-10(18-2)5-9(16)6-15;/h7,9-10H,3-6,15H2,1-2H3;1H. The van der Waals surface area contributed by atoms with E-state index in [0.717, 1.165) is 18.4 Å². The average Bonchev–Trinajstić information content (AvgIpc) is 2.77. The molecule has 114 valence electrons. The van der Waals surface area contributed by atoms with E-state index in [9.17, 15) is 4.79 Å². The van der Waals surface area contributed by atoms with Gasteiger partial charge in [-0.05, 0) is 30.7 Å². The number of rotatable bonds is 3. The number of nitrogens with zero attached hydrogens (tertiary/aromatic N) is 1. The van der Waals surface area contributed by atoms with Crippen LogP contribution < -0.4 is 5.73 Å². The van der Waals surface area contributed by atoms with Crippen LogP contribution in [0.1, 0.15) is 28.1 Å². The summed E-state index contributed by atoms with van der Waals surface area (Å²) in [5.41, 5.74) is 6.74. The van der Waals surface area contributed by atoms with Crippen LogP contribution in [0.4, 0.5) is 0 Å². The smallest absolute Gasteiger partial charge is 0.265 e. The van der Waals surface area contributed by atoms with Gasteiger partial charge < -0.3 is 15.4 Å². The van der Waals surface area contributed by atoms with Crippen LogP contribution in [0, 0.1) is 6.92 Å². The maximum atomic E-state index is 12.6. The first kappa shape index (κ1) is 17.7. The molecule has 0 saturated carbocycles. The van der Waals surface area contributed by atoms with Crippen LogP contribution in [0.3, 0.4) is 0 Å². The van der Waals surface area contributed by atoms with Crippen LogP contribution in [-0.2, 0) is 4.74 Å². The molecule has 2 rings (SSSR count). The van der Waals surface area contributed by atoms with E-state index in [4.69, 9.17) is 22.1 Å². The van der Waals surface area contributed by atoms with Gasteiger partial charge >= 0.3 is 0 Å². The summed E-state index contributed by atoms with van der Waals surface area (Å²) in [6.07, 6.45) is 1.83. The lowest BCUT2D eigenvalue weighted by atomic mass is 9.99. The number of ether oxygens (including phenoxy) is 1. The molecule has 1 amide bonds. The van der Waals surface area contributed by atoms with Crippen LogP contribution in [0.5, 0.6) is 0 Å². The van der Waals surface area contributed by atoms with Gasteiger partial charge in [-0.15, -0.1) is 23.7 Å². The molecule has 1 fully saturated rings. The summed E-state index contributed by atoms with van der Waals surface area (Å²) >= 11 is 7.58. The summed E-state index contributed by atoms with van der Waals surface area (Å²) in [5.74, 6) is -0.00639. The maximum Gasteiger partial charge on any atom is 0.265 e. The molecular formula is C13H20Cl2N2O2S. The molecule has 1 aromatic rings. The van der Waals surface area contributed by atoms with E-state index < -0.39 is 0 Å². The molecule has 1 aliphatic rings. The van der Waals surface area contributed by atoms with E-state index >= 15 is 0 Å². The third kappa shape index (κ3) is 3.46. The highest BCUT2D eigenvalue weighted by Gasteiger charge is 2.32. The number of hydrogen-bond acceptors (Lipinski definition) is 4. The van der Waals surface area contributed by atoms with Crippen molar-refractivity contribution in [3.63, 3.8) is 0 Å². The number of carbonyl (C=O) groups excluding carboxylic acids is 1. The number of methoxy groups -OCH3 is 1. The van der Waals surface area contributed by atoms with Crippen LogP contribution in [0.15, 0.2) is 5.38 Å². The highest BCUT2D eigenvalue weighted by atomic mass is 35.5. The molecule has 0 aromatic carbocycles. The van der Waals surface area contributed by atoms with Gasteiger partial charge in [0.2, 0.25) is 0 Å². The number of likely N-dealkylation sites (tertiary alicyclic amines) is 1. The summed E-state index contributed by atoms with van der Waals surface area (Å²) in [6.45, 7) is 3.03. The molecule has 0 radical (unpaired) electrons. The minimum absolute atomic E-state index is 0. The number of hydrogen-bond donors (Lipinski definition) is 1. The number of halogens is 2. The molecule has 2 unspecified atom stereocenters. The molecule has 1 aromatic heterocycles. The second-order valence-corrected chi connectivity index (χ2v) is 6.09. The van der Waals surface area contributed by atoms with Crippen molar-refractivity contribution < 1.29 is 9.53 Å². The van der Waals surface area contributed by atoms with Gasteiger partial charge in [-0.1, -0.05) is 11.6 Å². The zero-order valence-corrected chi connectivity index (χ0v) is 14.0. The number of amides is 1. The Labute approximate surface area is 134 Å². The fourth-order valence-electron chi connectivity index (χ4n) is 2.42. The predicted molar refractivity (Wildman–Crippen MR) is 85.2 cm³/mol. The number of piperidine rings is 1. The molecular weight excluding hydrogens is 319 g/mol. The lowest BCUT2D eigenvalue weighted by Crippen LogP contribution is -2.51. The van der Waals surface area contributed by atoms with Crippen molar-refractivity contribution in [1.29, 1.82) is 0 Å². The van der Waals surface area contributed by atoms with Gasteiger partial charge in [-0.3, -0.25) is 4.79 Å². The Bertz CT molecular complexity index is 467. The van der Waals surface area contributed by atoms with E-state index in [1.54, 1.807) is 7.11 Å². The second-order valence-electron chi connectivity index (χ2n) is 4.83. The van der Waals surface area contributed by atoms with Gasteiger partial charge in [0, 0.05) is 26.2 Å². The molecule has 0 bridgehead atoms. The quantitative estimate of drug-likeness (QED) is 0.921. The van der Waals surface area contributed by atoms with E-state index in [2.05, 4.69) is 0 Å². The van der Waals surface area contributed by atoms with Gasteiger partial charge in [0.25, 0.3) is 5.91 Å². The third-order valence-corrected chi connectivity index (χ3v) is 5.31. The molecule has 2 heterocycles. The molecule has 1 saturated heterocycles. The molecule has 1 aliphatic heterocycles. The zero-order valence-electron chi connectivity index (χ0n) is 11.6. The van der Waals surface area contributed by atoms with E-state index in [0.29, 0.717) is 23.0 Å². The van der Waals surface area contributed by atoms with Gasteiger partial charge in [-0.25, -0.2) is 0 Å². The Morgan fingerprint density at radius 1 is 1.65 bits per heavy atom. The Balaban J connectivity index is 0.00000200. The van der Waals surface area contributed by atoms with E-state index in [1.165, 1.54) is 11.3 Å². The zero-order chi connectivity index (χ0) is 14.0. The molecule has 0 aliphatic carbocycles. The monoisotopic (exact) mass is 338 g/mol. The van der Waals surface area contributed by atoms with Gasteiger partial charge in [-0.2, -0.15) is 0 Å². The summed E-state index contributed by atoms with van der Waals surface area (Å²) in [5, 5.41) is 2.48. The first-order valence-corrected chi connectivity index (χ1v) is 7.61. The van der Waals surface area contributed by atoms with Gasteiger partial charge in [0.15, 0.2) is 0 Å². The van der Waals surface area contributed by atoms with Crippen molar-refractivity contribution in [3.05, 3.63) is 20.8 Å². The average molecular weight is 339 g/mol. The fourth-order valence-corrected chi connectivity index (χ4v) is 3.65. The molecule has 20 heavy (non-hydrogen) atoms. The van der Waals surface area contributed by atoms with Crippen LogP contribution in [0.2, 0.25) is 5.02 Å². The van der Waals surface area contributed by atoms with Crippen molar-refractivity contribution in [1.82, 2.24) is 4.90 Å². The largest absolute Gasteiger partial charge is 0.381 e. The molecule has 0 spiro atoms. The summed E-state index contributed by atoms with van der Waals surface area (Å²) in [7, 11) is 1.70. The van der Waals surface area contributed by atoms with Crippen LogP contribution in [0.25, 0.3) is 0 Å². The highest BCUT2D eigenvalue weighted by Crippen LogP contribution is 2.30. The van der Waals surface area contributed by atoms with E-state index in [-0.39, 0.29) is 30.5 Å². The Morgan fingerprint density at radius 2 is 2.35 bits per heavy atom. The lowest BCUT2D eigenvalue weighted by molar-refractivity contribution is 0.0141. The molecule has 4 nitrogen and oxygen atoms in total. The number of nitrogens with two attached hydrogens (primary N) is 1.